The van der Waals surface area contributed by atoms with Gasteiger partial charge in [-0.2, -0.15) is 0 Å². The van der Waals surface area contributed by atoms with E-state index in [-0.39, 0.29) is 145 Å². The number of carbonyl (C=O) groups is 6. The second-order valence-electron chi connectivity index (χ2n) is 18.4. The Kier molecular flexibility index (Phi) is 25.5. The van der Waals surface area contributed by atoms with Gasteiger partial charge in [0.1, 0.15) is 34.7 Å². The number of halogens is 1. The van der Waals surface area contributed by atoms with Crippen molar-refractivity contribution in [2.75, 3.05) is 39.3 Å². The zero-order valence-electron chi connectivity index (χ0n) is 42.8. The highest BCUT2D eigenvalue weighted by Gasteiger charge is 2.36. The van der Waals surface area contributed by atoms with Crippen molar-refractivity contribution in [3.05, 3.63) is 38.9 Å². The average Bonchev–Trinajstić information content (AvgIpc) is 3.92. The zero-order valence-corrected chi connectivity index (χ0v) is 45.2. The Morgan fingerprint density at radius 1 is 0.701 bits per heavy atom. The predicted molar refractivity (Wildman–Crippen MR) is 298 cm³/mol. The Hall–Kier alpha value is -7.38. The summed E-state index contributed by atoms with van der Waals surface area (Å²) in [5.74, 6) is -4.20. The number of β-amino-alcohol motifs (C(OH)–C–C–N with tert-alkyl or cyclic N) is 1. The van der Waals surface area contributed by atoms with Gasteiger partial charge in [0.25, 0.3) is 5.56 Å². The van der Waals surface area contributed by atoms with E-state index in [9.17, 15) is 38.7 Å². The van der Waals surface area contributed by atoms with Crippen molar-refractivity contribution >= 4 is 107 Å². The lowest BCUT2D eigenvalue weighted by molar-refractivity contribution is -0.134. The van der Waals surface area contributed by atoms with Crippen LogP contribution < -0.4 is 83.7 Å². The number of rotatable bonds is 33. The number of hydrogen-bond acceptors (Lipinski definition) is 15. The molecule has 3 aromatic rings. The monoisotopic (exact) mass is 1160 g/mol. The number of H-pyrrole nitrogens is 1. The molecule has 0 spiro atoms. The van der Waals surface area contributed by atoms with Gasteiger partial charge in [-0.05, 0) is 88.8 Å². The topological polar surface area (TPSA) is 515 Å². The molecule has 77 heavy (non-hydrogen) atoms. The van der Waals surface area contributed by atoms with Gasteiger partial charge in [-0.1, -0.05) is 22.4 Å². The van der Waals surface area contributed by atoms with Gasteiger partial charge in [-0.3, -0.25) is 58.4 Å². The molecule has 1 aliphatic heterocycles. The molecule has 6 amide bonds. The van der Waals surface area contributed by atoms with E-state index in [0.29, 0.717) is 35.3 Å². The van der Waals surface area contributed by atoms with Gasteiger partial charge in [-0.25, -0.2) is 4.98 Å². The molecular weight excluding hydrogens is 1090 g/mol. The van der Waals surface area contributed by atoms with Crippen molar-refractivity contribution < 1.29 is 33.9 Å². The third kappa shape index (κ3) is 21.6. The molecule has 31 heteroatoms. The van der Waals surface area contributed by atoms with Crippen LogP contribution in [-0.4, -0.2) is 155 Å². The largest absolute Gasteiger partial charge is 0.392 e. The van der Waals surface area contributed by atoms with Crippen LogP contribution in [0.2, 0.25) is 0 Å². The van der Waals surface area contributed by atoms with Crippen LogP contribution in [0.5, 0.6) is 0 Å². The third-order valence-corrected chi connectivity index (χ3v) is 13.8. The fourth-order valence-corrected chi connectivity index (χ4v) is 9.75. The summed E-state index contributed by atoms with van der Waals surface area (Å²) >= 11 is 4.83. The molecular formula is C46H74BrN21O8S. The average molecular weight is 1160 g/mol. The van der Waals surface area contributed by atoms with Crippen LogP contribution in [-0.2, 0) is 35.3 Å². The molecule has 1 fully saturated rings. The molecule has 0 saturated carbocycles. The van der Waals surface area contributed by atoms with Gasteiger partial charge in [0, 0.05) is 60.2 Å². The highest BCUT2D eigenvalue weighted by Crippen LogP contribution is 2.32. The summed E-state index contributed by atoms with van der Waals surface area (Å²) in [7, 11) is 0. The standard InChI is InChI=1S/C46H74BrN21O8S/c47-24-13-14-32-26(20-24)35-36(77-32)42(76)67-33(66-35)23-68-22-25(69)21-31(68)41(75)57-15-3-1-2-12-34(70)62-28(9-5-17-59-44(51)52)38(72)64-30(11-7-19-61-46(55)56)40(74)65-29(10-6-18-60-45(53)54)39(73)63-27(37(48)71)8-4-16-58-43(49)50/h13-14,20,25,27-31,69H,1-12,15-19,21-23H2,(H2,48,71)(H,57,75)(H,62,70)(H,63,73)(H,64,72)(H,65,74)(H4,49,50,58)(H4,51,52,59)(H4,53,54,60)(H4,55,56,61)(H,66,67,76)/t25-,27+,28+,29+,30+,31+/m0/s1. The first-order valence-corrected chi connectivity index (χ1v) is 26.7. The second kappa shape index (κ2) is 31.6. The van der Waals surface area contributed by atoms with Crippen LogP contribution in [0, 0.1) is 0 Å². The fourth-order valence-electron chi connectivity index (χ4n) is 8.37. The number of nitrogens with two attached hydrogens (primary N) is 9. The van der Waals surface area contributed by atoms with Crippen LogP contribution in [0.1, 0.15) is 89.3 Å². The maximum Gasteiger partial charge on any atom is 0.268 e. The number of carbonyl (C=O) groups excluding carboxylic acids is 6. The number of guanidine groups is 4. The first-order chi connectivity index (χ1) is 36.6. The van der Waals surface area contributed by atoms with E-state index < -0.39 is 65.8 Å². The molecule has 2 aromatic heterocycles. The molecule has 424 valence electrons. The maximum absolute atomic E-state index is 14.1. The molecule has 0 aliphatic carbocycles. The number of unbranched alkanes of at least 4 members (excludes halogenated alkanes) is 2. The number of aromatic nitrogens is 2. The number of benzene rings is 1. The number of aromatic amines is 1. The molecule has 1 aliphatic rings. The lowest BCUT2D eigenvalue weighted by Gasteiger charge is -2.26. The molecule has 0 unspecified atom stereocenters. The van der Waals surface area contributed by atoms with Crippen molar-refractivity contribution in [1.29, 1.82) is 0 Å². The van der Waals surface area contributed by atoms with E-state index in [1.165, 1.54) is 11.3 Å². The minimum Gasteiger partial charge on any atom is -0.392 e. The highest BCUT2D eigenvalue weighted by atomic mass is 79.9. The number of hydrogen-bond donors (Lipinski definition) is 16. The summed E-state index contributed by atoms with van der Waals surface area (Å²) in [6, 6.07) is 0.171. The van der Waals surface area contributed by atoms with Crippen LogP contribution >= 0.6 is 27.3 Å². The van der Waals surface area contributed by atoms with Crippen molar-refractivity contribution in [2.45, 2.75) is 126 Å². The number of aliphatic imine (C=N–C) groups is 4. The third-order valence-electron chi connectivity index (χ3n) is 12.1. The summed E-state index contributed by atoms with van der Waals surface area (Å²) in [6.07, 6.45) is 1.93. The number of nitrogens with zero attached hydrogens (tertiary/aromatic N) is 6. The van der Waals surface area contributed by atoms with Crippen molar-refractivity contribution in [3.63, 3.8) is 0 Å². The molecule has 29 nitrogen and oxygen atoms in total. The first-order valence-electron chi connectivity index (χ1n) is 25.1. The Bertz CT molecular complexity index is 2680. The molecule has 0 bridgehead atoms. The Balaban J connectivity index is 1.37. The Labute approximate surface area is 456 Å². The summed E-state index contributed by atoms with van der Waals surface area (Å²) in [4.78, 5) is 119. The van der Waals surface area contributed by atoms with Gasteiger partial charge in [-0.15, -0.1) is 11.3 Å². The number of primary amides is 1. The Morgan fingerprint density at radius 2 is 1.19 bits per heavy atom. The molecule has 4 rings (SSSR count). The normalized spacial score (nSPS) is 15.8. The van der Waals surface area contributed by atoms with Crippen molar-refractivity contribution in [2.24, 2.45) is 71.6 Å². The van der Waals surface area contributed by atoms with Crippen LogP contribution in [0.4, 0.5) is 0 Å². The molecule has 0 radical (unpaired) electrons. The summed E-state index contributed by atoms with van der Waals surface area (Å²) < 4.78 is 2.26. The molecule has 6 atom stereocenters. The van der Waals surface area contributed by atoms with Gasteiger partial charge >= 0.3 is 0 Å². The summed E-state index contributed by atoms with van der Waals surface area (Å²) in [6.45, 7) is 1.09. The molecule has 1 saturated heterocycles. The molecule has 3 heterocycles. The number of nitrogens with one attached hydrogen (secondary N) is 6. The van der Waals surface area contributed by atoms with Crippen LogP contribution in [0.25, 0.3) is 20.3 Å². The van der Waals surface area contributed by atoms with E-state index in [1.807, 2.05) is 18.2 Å². The summed E-state index contributed by atoms with van der Waals surface area (Å²) in [5, 5.41) is 25.0. The van der Waals surface area contributed by atoms with E-state index in [4.69, 9.17) is 56.6 Å². The number of aliphatic hydroxyl groups excluding tert-OH is 1. The Morgan fingerprint density at radius 3 is 1.70 bits per heavy atom. The quantitative estimate of drug-likeness (QED) is 0.0158. The predicted octanol–water partition coefficient (Wildman–Crippen LogP) is -3.85. The lowest BCUT2D eigenvalue weighted by atomic mass is 10.0. The minimum absolute atomic E-state index is 0.00581. The van der Waals surface area contributed by atoms with Gasteiger partial charge in [0.15, 0.2) is 23.8 Å². The van der Waals surface area contributed by atoms with Crippen molar-refractivity contribution in [3.8, 4) is 0 Å². The van der Waals surface area contributed by atoms with Crippen LogP contribution in [0.15, 0.2) is 47.4 Å². The first kappa shape index (κ1) is 62.2. The van der Waals surface area contributed by atoms with Crippen molar-refractivity contribution in [1.82, 2.24) is 41.5 Å². The van der Waals surface area contributed by atoms with E-state index in [0.717, 1.165) is 14.6 Å². The minimum atomic E-state index is -1.29. The number of thiophene rings is 1. The number of fused-ring (bicyclic) bond motifs is 3. The van der Waals surface area contributed by atoms with Gasteiger partial charge in [0.2, 0.25) is 35.4 Å². The van der Waals surface area contributed by atoms with Crippen LogP contribution in [0.3, 0.4) is 0 Å². The number of aliphatic hydroxyl groups is 1. The van der Waals surface area contributed by atoms with E-state index in [1.54, 1.807) is 4.90 Å². The van der Waals surface area contributed by atoms with Gasteiger partial charge < -0.3 is 88.3 Å². The number of amides is 6. The lowest BCUT2D eigenvalue weighted by Crippen LogP contribution is -2.58. The zero-order chi connectivity index (χ0) is 56.6. The summed E-state index contributed by atoms with van der Waals surface area (Å²) in [5.41, 5.74) is 49.6. The van der Waals surface area contributed by atoms with E-state index >= 15 is 0 Å². The fraction of sp³-hybridized carbons (Fsp3) is 0.565. The molecule has 1 aromatic carbocycles. The smallest absolute Gasteiger partial charge is 0.268 e. The van der Waals surface area contributed by atoms with Gasteiger partial charge in [0.05, 0.1) is 24.2 Å². The maximum atomic E-state index is 14.1. The number of likely N-dealkylation sites (tertiary alicyclic amines) is 1. The molecule has 25 N–H and O–H groups in total. The SMILES string of the molecule is NC(=O)[C@@H](CCCN=C(N)N)NC(=O)[C@@H](CCCN=C(N)N)NC(=O)[C@@H](CCCN=C(N)N)NC(=O)[C@@H](CCCN=C(N)N)NC(=O)CCCCCNC(=O)[C@H]1C[C@H](O)CN1Cc1nc2c(sc3ccc(Br)cc32)c(=O)[nH]1. The highest BCUT2D eigenvalue weighted by molar-refractivity contribution is 9.10. The second-order valence-corrected chi connectivity index (χ2v) is 20.3. The van der Waals surface area contributed by atoms with E-state index in [2.05, 4.69) is 67.5 Å².